The third-order valence-corrected chi connectivity index (χ3v) is 3.19. The summed E-state index contributed by atoms with van der Waals surface area (Å²) < 4.78 is 4.90. The number of ether oxygens (including phenoxy) is 1. The summed E-state index contributed by atoms with van der Waals surface area (Å²) in [7, 11) is 1.63. The lowest BCUT2D eigenvalue weighted by atomic mass is 10.2. The molecule has 0 aliphatic heterocycles. The van der Waals surface area contributed by atoms with Gasteiger partial charge in [-0.3, -0.25) is 4.79 Å². The number of hydrogen-bond acceptors (Lipinski definition) is 4. The fourth-order valence-corrected chi connectivity index (χ4v) is 2.15. The van der Waals surface area contributed by atoms with E-state index in [1.54, 1.807) is 18.4 Å². The van der Waals surface area contributed by atoms with E-state index in [0.29, 0.717) is 26.1 Å². The van der Waals surface area contributed by atoms with E-state index in [1.807, 2.05) is 11.4 Å². The largest absolute Gasteiger partial charge is 0.385 e. The highest BCUT2D eigenvalue weighted by atomic mass is 32.1. The maximum Gasteiger partial charge on any atom is 0.220 e. The van der Waals surface area contributed by atoms with E-state index in [2.05, 4.69) is 17.2 Å². The summed E-state index contributed by atoms with van der Waals surface area (Å²) in [5, 5.41) is 4.84. The Morgan fingerprint density at radius 1 is 1.61 bits per heavy atom. The average molecular weight is 266 g/mol. The molecule has 1 amide bonds. The number of amides is 1. The summed E-state index contributed by atoms with van der Waals surface area (Å²) in [4.78, 5) is 12.6. The second-order valence-electron chi connectivity index (χ2n) is 3.64. The van der Waals surface area contributed by atoms with Crippen LogP contribution in [0.1, 0.15) is 23.3 Å². The molecule has 0 aliphatic carbocycles. The van der Waals surface area contributed by atoms with Crippen molar-refractivity contribution in [2.24, 2.45) is 5.73 Å². The topological polar surface area (TPSA) is 64.3 Å². The molecule has 0 saturated heterocycles. The third kappa shape index (κ3) is 5.32. The first-order valence-electron chi connectivity index (χ1n) is 5.79. The van der Waals surface area contributed by atoms with Gasteiger partial charge in [-0.25, -0.2) is 0 Å². The van der Waals surface area contributed by atoms with E-state index < -0.39 is 0 Å². The van der Waals surface area contributed by atoms with Gasteiger partial charge in [-0.15, -0.1) is 11.3 Å². The zero-order valence-corrected chi connectivity index (χ0v) is 11.3. The SMILES string of the molecule is COCCCC(=O)NCc1sccc1C#CCN. The molecule has 18 heavy (non-hydrogen) atoms. The zero-order valence-electron chi connectivity index (χ0n) is 10.5. The molecule has 0 aliphatic rings. The number of thiophene rings is 1. The van der Waals surface area contributed by atoms with Gasteiger partial charge in [0, 0.05) is 30.6 Å². The Bertz CT molecular complexity index is 432. The highest BCUT2D eigenvalue weighted by Gasteiger charge is 2.05. The number of methoxy groups -OCH3 is 1. The van der Waals surface area contributed by atoms with Crippen molar-refractivity contribution in [1.29, 1.82) is 0 Å². The van der Waals surface area contributed by atoms with Crippen LogP contribution in [0, 0.1) is 11.8 Å². The van der Waals surface area contributed by atoms with Crippen LogP contribution >= 0.6 is 11.3 Å². The molecule has 5 heteroatoms. The van der Waals surface area contributed by atoms with Gasteiger partial charge in [0.05, 0.1) is 13.1 Å². The predicted octanol–water partition coefficient (Wildman–Crippen LogP) is 1.10. The molecule has 1 heterocycles. The first-order valence-corrected chi connectivity index (χ1v) is 6.66. The quantitative estimate of drug-likeness (QED) is 0.598. The number of nitrogens with one attached hydrogen (secondary N) is 1. The van der Waals surface area contributed by atoms with Gasteiger partial charge in [0.2, 0.25) is 5.91 Å². The molecule has 98 valence electrons. The van der Waals surface area contributed by atoms with Gasteiger partial charge in [0.15, 0.2) is 0 Å². The van der Waals surface area contributed by atoms with Crippen molar-refractivity contribution in [3.63, 3.8) is 0 Å². The van der Waals surface area contributed by atoms with Crippen LogP contribution in [-0.4, -0.2) is 26.2 Å². The van der Waals surface area contributed by atoms with Crippen LogP contribution in [-0.2, 0) is 16.1 Å². The minimum Gasteiger partial charge on any atom is -0.385 e. The summed E-state index contributed by atoms with van der Waals surface area (Å²) >= 11 is 1.59. The summed E-state index contributed by atoms with van der Waals surface area (Å²) in [5.41, 5.74) is 6.28. The van der Waals surface area contributed by atoms with Crippen molar-refractivity contribution in [1.82, 2.24) is 5.32 Å². The summed E-state index contributed by atoms with van der Waals surface area (Å²) in [5.74, 6) is 5.85. The molecular weight excluding hydrogens is 248 g/mol. The molecule has 0 radical (unpaired) electrons. The predicted molar refractivity (Wildman–Crippen MR) is 73.2 cm³/mol. The Balaban J connectivity index is 2.39. The molecular formula is C13H18N2O2S. The van der Waals surface area contributed by atoms with E-state index in [1.165, 1.54) is 0 Å². The molecule has 3 N–H and O–H groups in total. The standard InChI is InChI=1S/C13H18N2O2S/c1-17-8-3-5-13(16)15-10-12-11(4-2-7-14)6-9-18-12/h6,9H,3,5,7-8,10,14H2,1H3,(H,15,16). The maximum atomic E-state index is 11.5. The number of carbonyl (C=O) groups excluding carboxylic acids is 1. The van der Waals surface area contributed by atoms with Crippen LogP contribution in [0.15, 0.2) is 11.4 Å². The Hall–Kier alpha value is -1.35. The normalized spacial score (nSPS) is 9.67. The Labute approximate surface area is 112 Å². The average Bonchev–Trinajstić information content (AvgIpc) is 2.81. The van der Waals surface area contributed by atoms with Gasteiger partial charge in [-0.05, 0) is 17.9 Å². The monoisotopic (exact) mass is 266 g/mol. The second-order valence-corrected chi connectivity index (χ2v) is 4.64. The van der Waals surface area contributed by atoms with E-state index in [4.69, 9.17) is 10.5 Å². The van der Waals surface area contributed by atoms with Crippen LogP contribution in [0.3, 0.4) is 0 Å². The van der Waals surface area contributed by atoms with Crippen LogP contribution in [0.25, 0.3) is 0 Å². The van der Waals surface area contributed by atoms with Crippen LogP contribution in [0.4, 0.5) is 0 Å². The summed E-state index contributed by atoms with van der Waals surface area (Å²) in [6.45, 7) is 1.48. The third-order valence-electron chi connectivity index (χ3n) is 2.27. The van der Waals surface area contributed by atoms with Gasteiger partial charge in [-0.1, -0.05) is 11.8 Å². The first-order chi connectivity index (χ1) is 8.77. The van der Waals surface area contributed by atoms with E-state index in [9.17, 15) is 4.79 Å². The van der Waals surface area contributed by atoms with Crippen molar-refractivity contribution in [3.8, 4) is 11.8 Å². The van der Waals surface area contributed by atoms with Crippen LogP contribution in [0.5, 0.6) is 0 Å². The molecule has 0 bridgehead atoms. The Kier molecular flexibility index (Phi) is 7.11. The molecule has 0 fully saturated rings. The van der Waals surface area contributed by atoms with Crippen LogP contribution < -0.4 is 11.1 Å². The van der Waals surface area contributed by atoms with Crippen molar-refractivity contribution in [3.05, 3.63) is 21.9 Å². The highest BCUT2D eigenvalue weighted by molar-refractivity contribution is 7.10. The van der Waals surface area contributed by atoms with E-state index in [-0.39, 0.29) is 5.91 Å². The van der Waals surface area contributed by atoms with Gasteiger partial charge < -0.3 is 15.8 Å². The fourth-order valence-electron chi connectivity index (χ4n) is 1.38. The zero-order chi connectivity index (χ0) is 13.2. The molecule has 0 saturated carbocycles. The molecule has 0 unspecified atom stereocenters. The molecule has 0 atom stereocenters. The van der Waals surface area contributed by atoms with Gasteiger partial charge in [-0.2, -0.15) is 0 Å². The molecule has 1 rings (SSSR count). The first kappa shape index (κ1) is 14.7. The minimum atomic E-state index is 0.0400. The fraction of sp³-hybridized carbons (Fsp3) is 0.462. The number of carbonyl (C=O) groups is 1. The molecule has 1 aromatic heterocycles. The smallest absolute Gasteiger partial charge is 0.220 e. The van der Waals surface area contributed by atoms with Crippen molar-refractivity contribution in [2.45, 2.75) is 19.4 Å². The second kappa shape index (κ2) is 8.70. The Morgan fingerprint density at radius 3 is 3.17 bits per heavy atom. The summed E-state index contributed by atoms with van der Waals surface area (Å²) in [6.07, 6.45) is 1.23. The minimum absolute atomic E-state index is 0.0400. The van der Waals surface area contributed by atoms with Crippen LogP contribution in [0.2, 0.25) is 0 Å². The maximum absolute atomic E-state index is 11.5. The number of hydrogen-bond donors (Lipinski definition) is 2. The van der Waals surface area contributed by atoms with Gasteiger partial charge >= 0.3 is 0 Å². The molecule has 4 nitrogen and oxygen atoms in total. The van der Waals surface area contributed by atoms with Crippen molar-refractivity contribution < 1.29 is 9.53 Å². The highest BCUT2D eigenvalue weighted by Crippen LogP contribution is 2.15. The van der Waals surface area contributed by atoms with Crippen molar-refractivity contribution in [2.75, 3.05) is 20.3 Å². The van der Waals surface area contributed by atoms with Gasteiger partial charge in [0.25, 0.3) is 0 Å². The molecule has 0 aromatic carbocycles. The molecule has 1 aromatic rings. The molecule has 0 spiro atoms. The lowest BCUT2D eigenvalue weighted by Gasteiger charge is -2.04. The lowest BCUT2D eigenvalue weighted by Crippen LogP contribution is -2.22. The lowest BCUT2D eigenvalue weighted by molar-refractivity contribution is -0.121. The van der Waals surface area contributed by atoms with Gasteiger partial charge in [0.1, 0.15) is 0 Å². The summed E-state index contributed by atoms with van der Waals surface area (Å²) in [6, 6.07) is 1.94. The van der Waals surface area contributed by atoms with E-state index in [0.717, 1.165) is 16.9 Å². The number of nitrogens with two attached hydrogens (primary N) is 1. The van der Waals surface area contributed by atoms with Crippen molar-refractivity contribution >= 4 is 17.2 Å². The number of rotatable bonds is 6. The van der Waals surface area contributed by atoms with E-state index >= 15 is 0 Å². The Morgan fingerprint density at radius 2 is 2.44 bits per heavy atom.